The molecule has 1 unspecified atom stereocenters. The van der Waals surface area contributed by atoms with Gasteiger partial charge in [-0.3, -0.25) is 14.6 Å². The fraction of sp³-hybridized carbons (Fsp3) is 0.474. The minimum atomic E-state index is -0.377. The van der Waals surface area contributed by atoms with Gasteiger partial charge in [0.1, 0.15) is 5.76 Å². The second-order valence-electron chi connectivity index (χ2n) is 6.73. The van der Waals surface area contributed by atoms with Crippen LogP contribution in [0.1, 0.15) is 40.9 Å². The molecule has 2 aromatic rings. The van der Waals surface area contributed by atoms with Crippen molar-refractivity contribution in [2.24, 2.45) is 5.73 Å². The molecule has 1 amide bonds. The number of hydrogen-bond donors (Lipinski definition) is 1. The summed E-state index contributed by atoms with van der Waals surface area (Å²) in [6.07, 6.45) is 3.81. The number of benzene rings is 1. The molecule has 1 atom stereocenters. The van der Waals surface area contributed by atoms with Crippen LogP contribution in [0.25, 0.3) is 0 Å². The molecule has 0 spiro atoms. The molecule has 1 saturated heterocycles. The number of amides is 1. The van der Waals surface area contributed by atoms with Gasteiger partial charge in [-0.15, -0.1) is 0 Å². The van der Waals surface area contributed by atoms with Gasteiger partial charge < -0.3 is 10.2 Å². The van der Waals surface area contributed by atoms with Gasteiger partial charge >= 0.3 is 0 Å². The molecule has 134 valence electrons. The van der Waals surface area contributed by atoms with Gasteiger partial charge in [-0.1, -0.05) is 19.1 Å². The number of likely N-dealkylation sites (tertiary alicyclic amines) is 1. The van der Waals surface area contributed by atoms with Gasteiger partial charge in [0.05, 0.1) is 12.7 Å². The summed E-state index contributed by atoms with van der Waals surface area (Å²) in [5, 5.41) is 0. The first kappa shape index (κ1) is 17.6. The SMILES string of the molecule is CCc1cnc(CN(C)C2CCN(Cc3cccc(C(N)=O)c3)C2)o1. The molecule has 1 aliphatic heterocycles. The minimum Gasteiger partial charge on any atom is -0.444 e. The van der Waals surface area contributed by atoms with Gasteiger partial charge in [0.15, 0.2) is 0 Å². The zero-order chi connectivity index (χ0) is 17.8. The van der Waals surface area contributed by atoms with E-state index >= 15 is 0 Å². The Balaban J connectivity index is 1.54. The largest absolute Gasteiger partial charge is 0.444 e. The fourth-order valence-corrected chi connectivity index (χ4v) is 3.32. The van der Waals surface area contributed by atoms with Crippen LogP contribution in [0.4, 0.5) is 0 Å². The van der Waals surface area contributed by atoms with E-state index < -0.39 is 0 Å². The molecule has 3 rings (SSSR count). The van der Waals surface area contributed by atoms with Crippen molar-refractivity contribution in [3.63, 3.8) is 0 Å². The number of nitrogens with zero attached hydrogens (tertiary/aromatic N) is 3. The maximum Gasteiger partial charge on any atom is 0.248 e. The Bertz CT molecular complexity index is 728. The maximum absolute atomic E-state index is 11.3. The van der Waals surface area contributed by atoms with Gasteiger partial charge in [0, 0.05) is 37.7 Å². The van der Waals surface area contributed by atoms with Crippen molar-refractivity contribution in [1.29, 1.82) is 0 Å². The number of rotatable bonds is 7. The number of nitrogens with two attached hydrogens (primary N) is 1. The summed E-state index contributed by atoms with van der Waals surface area (Å²) in [5.41, 5.74) is 7.06. The van der Waals surface area contributed by atoms with E-state index in [1.165, 1.54) is 0 Å². The molecule has 0 radical (unpaired) electrons. The van der Waals surface area contributed by atoms with E-state index in [4.69, 9.17) is 10.2 Å². The molecule has 6 heteroatoms. The van der Waals surface area contributed by atoms with Crippen LogP contribution < -0.4 is 5.73 Å². The van der Waals surface area contributed by atoms with Crippen LogP contribution in [0.2, 0.25) is 0 Å². The topological polar surface area (TPSA) is 75.6 Å². The average molecular weight is 342 g/mol. The van der Waals surface area contributed by atoms with Crippen LogP contribution in [-0.2, 0) is 19.5 Å². The van der Waals surface area contributed by atoms with E-state index in [1.54, 1.807) is 6.07 Å². The predicted octanol–water partition coefficient (Wildman–Crippen LogP) is 2.04. The molecule has 0 saturated carbocycles. The third kappa shape index (κ3) is 4.46. The van der Waals surface area contributed by atoms with Crippen LogP contribution in [0.3, 0.4) is 0 Å². The number of carbonyl (C=O) groups excluding carboxylic acids is 1. The molecule has 0 aliphatic carbocycles. The van der Waals surface area contributed by atoms with Crippen molar-refractivity contribution in [3.05, 3.63) is 53.2 Å². The first-order valence-corrected chi connectivity index (χ1v) is 8.80. The van der Waals surface area contributed by atoms with Crippen molar-refractivity contribution in [2.75, 3.05) is 20.1 Å². The van der Waals surface area contributed by atoms with E-state index in [1.807, 2.05) is 24.4 Å². The minimum absolute atomic E-state index is 0.377. The standard InChI is InChI=1S/C19H26N4O2/c1-3-17-10-21-18(25-17)13-22(2)16-7-8-23(12-16)11-14-5-4-6-15(9-14)19(20)24/h4-6,9-10,16H,3,7-8,11-13H2,1-2H3,(H2,20,24). The lowest BCUT2D eigenvalue weighted by atomic mass is 10.1. The van der Waals surface area contributed by atoms with Gasteiger partial charge in [0.2, 0.25) is 11.8 Å². The molecule has 1 aliphatic rings. The Hall–Kier alpha value is -2.18. The van der Waals surface area contributed by atoms with Crippen LogP contribution in [-0.4, -0.2) is 46.9 Å². The van der Waals surface area contributed by atoms with Crippen molar-refractivity contribution in [3.8, 4) is 0 Å². The average Bonchev–Trinajstić information content (AvgIpc) is 3.24. The molecule has 1 fully saturated rings. The summed E-state index contributed by atoms with van der Waals surface area (Å²) in [4.78, 5) is 20.4. The van der Waals surface area contributed by atoms with Crippen molar-refractivity contribution in [1.82, 2.24) is 14.8 Å². The quantitative estimate of drug-likeness (QED) is 0.833. The van der Waals surface area contributed by atoms with Gasteiger partial charge in [-0.2, -0.15) is 0 Å². The molecule has 1 aromatic carbocycles. The molecular formula is C19H26N4O2. The number of aryl methyl sites for hydroxylation is 1. The lowest BCUT2D eigenvalue weighted by Crippen LogP contribution is -2.34. The number of oxazole rings is 1. The van der Waals surface area contributed by atoms with Crippen molar-refractivity contribution in [2.45, 2.75) is 38.9 Å². The zero-order valence-corrected chi connectivity index (χ0v) is 14.9. The number of likely N-dealkylation sites (N-methyl/N-ethyl adjacent to an activating group) is 1. The molecule has 2 N–H and O–H groups in total. The third-order valence-electron chi connectivity index (χ3n) is 4.82. The highest BCUT2D eigenvalue weighted by molar-refractivity contribution is 5.92. The number of primary amides is 1. The lowest BCUT2D eigenvalue weighted by molar-refractivity contribution is 0.1000. The summed E-state index contributed by atoms with van der Waals surface area (Å²) in [5.74, 6) is 1.34. The van der Waals surface area contributed by atoms with E-state index in [0.29, 0.717) is 11.6 Å². The summed E-state index contributed by atoms with van der Waals surface area (Å²) in [7, 11) is 2.12. The normalized spacial score (nSPS) is 18.1. The Morgan fingerprint density at radius 2 is 2.32 bits per heavy atom. The molecular weight excluding hydrogens is 316 g/mol. The fourth-order valence-electron chi connectivity index (χ4n) is 3.32. The monoisotopic (exact) mass is 342 g/mol. The van der Waals surface area contributed by atoms with Crippen LogP contribution in [0, 0.1) is 0 Å². The molecule has 1 aromatic heterocycles. The van der Waals surface area contributed by atoms with Gasteiger partial charge in [-0.25, -0.2) is 4.98 Å². The highest BCUT2D eigenvalue weighted by Crippen LogP contribution is 2.19. The summed E-state index contributed by atoms with van der Waals surface area (Å²) in [6, 6.07) is 8.06. The van der Waals surface area contributed by atoms with Crippen LogP contribution in [0.5, 0.6) is 0 Å². The molecule has 25 heavy (non-hydrogen) atoms. The number of carbonyl (C=O) groups is 1. The third-order valence-corrected chi connectivity index (χ3v) is 4.82. The first-order chi connectivity index (χ1) is 12.0. The molecule has 0 bridgehead atoms. The maximum atomic E-state index is 11.3. The van der Waals surface area contributed by atoms with Crippen LogP contribution in [0.15, 0.2) is 34.9 Å². The number of hydrogen-bond acceptors (Lipinski definition) is 5. The van der Waals surface area contributed by atoms with Crippen LogP contribution >= 0.6 is 0 Å². The summed E-state index contributed by atoms with van der Waals surface area (Å²) >= 11 is 0. The Morgan fingerprint density at radius 1 is 1.48 bits per heavy atom. The highest BCUT2D eigenvalue weighted by atomic mass is 16.4. The Labute approximate surface area is 148 Å². The Kier molecular flexibility index (Phi) is 5.50. The molecule has 6 nitrogen and oxygen atoms in total. The van der Waals surface area contributed by atoms with Gasteiger partial charge in [-0.05, 0) is 31.2 Å². The molecule has 2 heterocycles. The van der Waals surface area contributed by atoms with E-state index in [-0.39, 0.29) is 5.91 Å². The second kappa shape index (κ2) is 7.80. The second-order valence-corrected chi connectivity index (χ2v) is 6.73. The van der Waals surface area contributed by atoms with Crippen molar-refractivity contribution < 1.29 is 9.21 Å². The lowest BCUT2D eigenvalue weighted by Gasteiger charge is -2.23. The summed E-state index contributed by atoms with van der Waals surface area (Å²) < 4.78 is 5.71. The smallest absolute Gasteiger partial charge is 0.248 e. The Morgan fingerprint density at radius 3 is 3.04 bits per heavy atom. The van der Waals surface area contributed by atoms with Crippen molar-refractivity contribution >= 4 is 5.91 Å². The zero-order valence-electron chi connectivity index (χ0n) is 14.9. The predicted molar refractivity (Wildman–Crippen MR) is 96.0 cm³/mol. The van der Waals surface area contributed by atoms with E-state index in [2.05, 4.69) is 28.8 Å². The summed E-state index contributed by atoms with van der Waals surface area (Å²) in [6.45, 7) is 5.68. The van der Waals surface area contributed by atoms with E-state index in [0.717, 1.165) is 56.2 Å². The highest BCUT2D eigenvalue weighted by Gasteiger charge is 2.26. The first-order valence-electron chi connectivity index (χ1n) is 8.80. The number of aromatic nitrogens is 1. The van der Waals surface area contributed by atoms with E-state index in [9.17, 15) is 4.79 Å². The van der Waals surface area contributed by atoms with Gasteiger partial charge in [0.25, 0.3) is 0 Å².